The van der Waals surface area contributed by atoms with Crippen molar-refractivity contribution in [1.82, 2.24) is 9.80 Å². The van der Waals surface area contributed by atoms with E-state index in [0.29, 0.717) is 15.7 Å². The molecule has 156 valence electrons. The van der Waals surface area contributed by atoms with E-state index in [1.54, 1.807) is 18.2 Å². The lowest BCUT2D eigenvalue weighted by Crippen LogP contribution is -2.52. The average molecular weight is 444 g/mol. The molecule has 2 amide bonds. The summed E-state index contributed by atoms with van der Waals surface area (Å²) in [6.07, 6.45) is 4.49. The van der Waals surface area contributed by atoms with Gasteiger partial charge in [0.1, 0.15) is 0 Å². The van der Waals surface area contributed by atoms with Crippen molar-refractivity contribution in [2.45, 2.75) is 12.5 Å². The van der Waals surface area contributed by atoms with Crippen LogP contribution in [0.3, 0.4) is 0 Å². The number of hydrogen-bond donors (Lipinski definition) is 0. The van der Waals surface area contributed by atoms with Crippen LogP contribution in [0.2, 0.25) is 10.0 Å². The van der Waals surface area contributed by atoms with E-state index < -0.39 is 6.04 Å². The monoisotopic (exact) mass is 443 g/mol. The highest BCUT2D eigenvalue weighted by Crippen LogP contribution is 2.31. The average Bonchev–Trinajstić information content (AvgIpc) is 3.05. The lowest BCUT2D eigenvalue weighted by atomic mass is 10.1. The highest BCUT2D eigenvalue weighted by atomic mass is 35.5. The molecule has 0 N–H and O–H groups in total. The fourth-order valence-corrected chi connectivity index (χ4v) is 4.25. The van der Waals surface area contributed by atoms with Crippen LogP contribution in [0.5, 0.6) is 0 Å². The Kier molecular flexibility index (Phi) is 6.54. The fraction of sp³-hybridized carbons (Fsp3) is 0.304. The summed E-state index contributed by atoms with van der Waals surface area (Å²) in [7, 11) is 0. The summed E-state index contributed by atoms with van der Waals surface area (Å²) >= 11 is 12.0. The topological polar surface area (TPSA) is 43.9 Å². The molecule has 2 fully saturated rings. The van der Waals surface area contributed by atoms with E-state index in [9.17, 15) is 9.59 Å². The van der Waals surface area contributed by atoms with E-state index in [4.69, 9.17) is 23.2 Å². The van der Waals surface area contributed by atoms with Gasteiger partial charge < -0.3 is 0 Å². The number of carbonyl (C=O) groups excluding carboxylic acids is 2. The first-order chi connectivity index (χ1) is 14.5. The zero-order valence-corrected chi connectivity index (χ0v) is 18.0. The third-order valence-electron chi connectivity index (χ3n) is 5.61. The molecule has 4 rings (SSSR count). The van der Waals surface area contributed by atoms with Crippen molar-refractivity contribution < 1.29 is 9.59 Å². The second-order valence-electron chi connectivity index (χ2n) is 7.54. The summed E-state index contributed by atoms with van der Waals surface area (Å²) in [6, 6.07) is 14.6. The molecular formula is C23H23Cl2N3O2. The second kappa shape index (κ2) is 9.31. The third-order valence-corrected chi connectivity index (χ3v) is 6.34. The zero-order valence-electron chi connectivity index (χ0n) is 16.5. The van der Waals surface area contributed by atoms with E-state index in [0.717, 1.165) is 32.7 Å². The molecule has 5 nitrogen and oxygen atoms in total. The number of anilines is 1. The number of nitrogens with zero attached hydrogens (tertiary/aromatic N) is 3. The molecule has 0 aromatic heterocycles. The standard InChI is InChI=1S/C23H23Cl2N3O2/c24-19-9-8-18(15-20(19)25)28-22(29)16-21(23(28)30)27-13-11-26(12-14-27)10-4-7-17-5-2-1-3-6-17/h1-9,15,21H,10-14,16H2/b7-4-/t21-/m1/s1. The van der Waals surface area contributed by atoms with Crippen molar-refractivity contribution in [3.63, 3.8) is 0 Å². The quantitative estimate of drug-likeness (QED) is 0.656. The van der Waals surface area contributed by atoms with Crippen molar-refractivity contribution in [3.8, 4) is 0 Å². The molecule has 0 saturated carbocycles. The molecule has 0 spiro atoms. The third kappa shape index (κ3) is 4.60. The molecule has 30 heavy (non-hydrogen) atoms. The maximum absolute atomic E-state index is 13.0. The van der Waals surface area contributed by atoms with Gasteiger partial charge in [-0.25, -0.2) is 4.90 Å². The lowest BCUT2D eigenvalue weighted by Gasteiger charge is -2.36. The molecule has 2 aliphatic heterocycles. The van der Waals surface area contributed by atoms with Crippen molar-refractivity contribution in [1.29, 1.82) is 0 Å². The van der Waals surface area contributed by atoms with E-state index in [1.807, 2.05) is 18.2 Å². The minimum atomic E-state index is -0.408. The molecule has 2 heterocycles. The van der Waals surface area contributed by atoms with Crippen LogP contribution >= 0.6 is 23.2 Å². The smallest absolute Gasteiger partial charge is 0.251 e. The Labute approximate surface area is 186 Å². The largest absolute Gasteiger partial charge is 0.297 e. The highest BCUT2D eigenvalue weighted by Gasteiger charge is 2.43. The molecule has 0 aliphatic carbocycles. The summed E-state index contributed by atoms with van der Waals surface area (Å²) in [4.78, 5) is 31.3. The molecule has 0 radical (unpaired) electrons. The van der Waals surface area contributed by atoms with Crippen LogP contribution in [0.25, 0.3) is 6.08 Å². The van der Waals surface area contributed by atoms with Gasteiger partial charge in [-0.1, -0.05) is 65.7 Å². The van der Waals surface area contributed by atoms with Crippen molar-refractivity contribution in [2.24, 2.45) is 0 Å². The summed E-state index contributed by atoms with van der Waals surface area (Å²) in [5, 5.41) is 0.726. The number of carbonyl (C=O) groups is 2. The molecule has 1 atom stereocenters. The number of benzene rings is 2. The Hall–Kier alpha value is -2.18. The summed E-state index contributed by atoms with van der Waals surface area (Å²) in [5.74, 6) is -0.382. The highest BCUT2D eigenvalue weighted by molar-refractivity contribution is 6.42. The van der Waals surface area contributed by atoms with Crippen LogP contribution in [0.15, 0.2) is 54.6 Å². The predicted octanol–water partition coefficient (Wildman–Crippen LogP) is 3.96. The zero-order chi connectivity index (χ0) is 21.1. The van der Waals surface area contributed by atoms with E-state index in [-0.39, 0.29) is 18.2 Å². The lowest BCUT2D eigenvalue weighted by molar-refractivity contribution is -0.123. The summed E-state index contributed by atoms with van der Waals surface area (Å²) in [6.45, 7) is 4.12. The Morgan fingerprint density at radius 2 is 1.67 bits per heavy atom. The summed E-state index contributed by atoms with van der Waals surface area (Å²) < 4.78 is 0. The molecule has 2 aromatic rings. The number of amides is 2. The van der Waals surface area contributed by atoms with Gasteiger partial charge in [-0.3, -0.25) is 19.4 Å². The molecule has 2 aliphatic rings. The number of imide groups is 1. The van der Waals surface area contributed by atoms with Crippen LogP contribution in [-0.2, 0) is 9.59 Å². The van der Waals surface area contributed by atoms with Gasteiger partial charge in [-0.2, -0.15) is 0 Å². The molecule has 0 bridgehead atoms. The van der Waals surface area contributed by atoms with Crippen LogP contribution in [0.1, 0.15) is 12.0 Å². The van der Waals surface area contributed by atoms with Gasteiger partial charge in [0.15, 0.2) is 0 Å². The number of halogens is 2. The van der Waals surface area contributed by atoms with Crippen molar-refractivity contribution in [2.75, 3.05) is 37.6 Å². The van der Waals surface area contributed by atoms with Crippen LogP contribution in [0.4, 0.5) is 5.69 Å². The minimum absolute atomic E-state index is 0.184. The molecule has 0 unspecified atom stereocenters. The van der Waals surface area contributed by atoms with Gasteiger partial charge in [0, 0.05) is 32.7 Å². The number of hydrogen-bond acceptors (Lipinski definition) is 4. The SMILES string of the molecule is O=C1C[C@@H](N2CCN(C/C=C\c3ccccc3)CC2)C(=O)N1c1ccc(Cl)c(Cl)c1. The predicted molar refractivity (Wildman–Crippen MR) is 121 cm³/mol. The fourth-order valence-electron chi connectivity index (χ4n) is 3.96. The first-order valence-electron chi connectivity index (χ1n) is 10.0. The molecular weight excluding hydrogens is 421 g/mol. The number of rotatable bonds is 5. The maximum Gasteiger partial charge on any atom is 0.251 e. The van der Waals surface area contributed by atoms with Crippen LogP contribution < -0.4 is 4.90 Å². The Morgan fingerprint density at radius 3 is 2.37 bits per heavy atom. The minimum Gasteiger partial charge on any atom is -0.297 e. The summed E-state index contributed by atoms with van der Waals surface area (Å²) in [5.41, 5.74) is 1.67. The van der Waals surface area contributed by atoms with Gasteiger partial charge in [0.2, 0.25) is 5.91 Å². The van der Waals surface area contributed by atoms with Crippen LogP contribution in [-0.4, -0.2) is 60.4 Å². The first kappa shape index (κ1) is 21.1. The molecule has 7 heteroatoms. The van der Waals surface area contributed by atoms with Crippen LogP contribution in [0, 0.1) is 0 Å². The normalized spacial score (nSPS) is 21.1. The van der Waals surface area contributed by atoms with E-state index >= 15 is 0 Å². The molecule has 2 aromatic carbocycles. The van der Waals surface area contributed by atoms with Crippen molar-refractivity contribution >= 4 is 46.8 Å². The van der Waals surface area contributed by atoms with Gasteiger partial charge >= 0.3 is 0 Å². The second-order valence-corrected chi connectivity index (χ2v) is 8.35. The molecule has 2 saturated heterocycles. The number of piperazine rings is 1. The van der Waals surface area contributed by atoms with Gasteiger partial charge in [-0.15, -0.1) is 0 Å². The van der Waals surface area contributed by atoms with Gasteiger partial charge in [0.05, 0.1) is 28.2 Å². The van der Waals surface area contributed by atoms with E-state index in [1.165, 1.54) is 10.5 Å². The first-order valence-corrected chi connectivity index (χ1v) is 10.8. The Balaban J connectivity index is 1.33. The van der Waals surface area contributed by atoms with E-state index in [2.05, 4.69) is 34.1 Å². The Bertz CT molecular complexity index is 956. The Morgan fingerprint density at radius 1 is 0.933 bits per heavy atom. The maximum atomic E-state index is 13.0. The van der Waals surface area contributed by atoms with Gasteiger partial charge in [0.25, 0.3) is 5.91 Å². The van der Waals surface area contributed by atoms with Gasteiger partial charge in [-0.05, 0) is 23.8 Å². The van der Waals surface area contributed by atoms with Crippen molar-refractivity contribution in [3.05, 3.63) is 70.2 Å².